The quantitative estimate of drug-likeness (QED) is 0.00925. The fourth-order valence-corrected chi connectivity index (χ4v) is 38.4. The molecule has 150 heavy (non-hydrogen) atoms. The number of ketones is 1. The van der Waals surface area contributed by atoms with Gasteiger partial charge in [0.1, 0.15) is 0 Å². The summed E-state index contributed by atoms with van der Waals surface area (Å²) >= 11 is 0. The summed E-state index contributed by atoms with van der Waals surface area (Å²) in [4.78, 5) is 59.9. The van der Waals surface area contributed by atoms with Crippen molar-refractivity contribution in [1.82, 2.24) is 0 Å². The first kappa shape index (κ1) is 131. The highest BCUT2D eigenvalue weighted by molar-refractivity contribution is 6.96. The van der Waals surface area contributed by atoms with E-state index >= 15 is 0 Å². The molecule has 1 unspecified atom stereocenters. The van der Waals surface area contributed by atoms with Crippen molar-refractivity contribution in [2.24, 2.45) is 0 Å². The fourth-order valence-electron chi connectivity index (χ4n) is 20.2. The van der Waals surface area contributed by atoms with Gasteiger partial charge in [0.25, 0.3) is 0 Å². The summed E-state index contributed by atoms with van der Waals surface area (Å²) in [5, 5.41) is 34.1. The zero-order valence-electron chi connectivity index (χ0n) is 103. The lowest BCUT2D eigenvalue weighted by Gasteiger charge is -2.38. The highest BCUT2D eigenvalue weighted by Gasteiger charge is 2.50. The maximum atomic E-state index is 12.9. The minimum atomic E-state index is -2.02. The van der Waals surface area contributed by atoms with E-state index in [2.05, 4.69) is 413 Å². The summed E-state index contributed by atoms with van der Waals surface area (Å²) in [5.74, 6) is 5.94. The molecule has 0 aromatic carbocycles. The van der Waals surface area contributed by atoms with Crippen LogP contribution in [0.4, 0.5) is 0 Å². The van der Waals surface area contributed by atoms with E-state index in [9.17, 15) is 34.3 Å². The van der Waals surface area contributed by atoms with Gasteiger partial charge in [0, 0.05) is 67.0 Å². The van der Waals surface area contributed by atoms with Gasteiger partial charge in [-0.25, -0.2) is 4.74 Å². The van der Waals surface area contributed by atoms with Gasteiger partial charge in [-0.1, -0.05) is 466 Å². The van der Waals surface area contributed by atoms with Gasteiger partial charge in [0.05, 0.1) is 62.6 Å². The Morgan fingerprint density at radius 3 is 0.840 bits per heavy atom. The number of hydrogen-bond acceptors (Lipinski definition) is 7. The van der Waals surface area contributed by atoms with E-state index in [-0.39, 0.29) is 31.0 Å². The molecule has 812 valence electrons. The van der Waals surface area contributed by atoms with Gasteiger partial charge < -0.3 is 10.3 Å². The van der Waals surface area contributed by atoms with E-state index < -0.39 is 68.2 Å². The highest BCUT2D eigenvalue weighted by Crippen LogP contribution is 2.50. The lowest BCUT2D eigenvalue weighted by atomic mass is 10.1. The standard InChI is InChI=1S/C23H35NOSi.C19H26O2Si.C19H24O2Si.2C19H26OSi.C19H28Si.C11H22Si.C6H10/c1-10-17-18-14-12-11-13-15-19(18)20(16-24(25)22(2,3)4)21(17)26(8,9)23(5,6)7;2*1-13(21)17-15-11-9-7-8-10-14(15)16(12-20)18(17)22(5,6)19(2,3)4;2*1-7-14-15-11-9-8-10-12-16(15)17(13-20)18(14)21(5,6)19(2,3)4;1-8-15-17-13-11-9-10-12-16(17)14(2)18(15)20(6,7)19(3,4)5;1-7-9-11(8-2)12(5,6)10(3)4;1-3-5-6-4-2/h11-16H,10H2,1-9H3;7-13,21H,1-6H3;7-12H,1-6H3;2*8-13H,7H2,1-6H3;9-13H,8H2,1-7H3;7,10H,8H2,1-6H3;3-4H2,1-2H3/b24-16-;;;;;;;. The molecule has 8 nitrogen and oxygen atoms in total. The molecule has 0 saturated heterocycles. The van der Waals surface area contributed by atoms with E-state index in [1.807, 2.05) is 112 Å². The van der Waals surface area contributed by atoms with E-state index in [0.29, 0.717) is 10.6 Å². The summed E-state index contributed by atoms with van der Waals surface area (Å²) in [5.41, 5.74) is 31.2. The number of aliphatic hydroxyl groups excluding tert-OH is 1. The molecule has 0 fully saturated rings. The molecule has 0 heterocycles. The van der Waals surface area contributed by atoms with Crippen LogP contribution in [0.15, 0.2) is 199 Å². The lowest BCUT2D eigenvalue weighted by molar-refractivity contribution is -0.530. The van der Waals surface area contributed by atoms with E-state index in [1.165, 1.54) is 77.6 Å². The number of fused-ring (bicyclic) bond motifs is 6. The molecule has 0 saturated carbocycles. The largest absolute Gasteiger partial charge is 0.623 e. The monoisotopic (exact) mass is 2140 g/mol. The first-order valence-electron chi connectivity index (χ1n) is 55.6. The molecule has 0 aromatic rings. The number of hydroxylamine groups is 1. The van der Waals surface area contributed by atoms with Crippen LogP contribution in [-0.4, -0.2) is 109 Å². The smallest absolute Gasteiger partial charge is 0.182 e. The molecule has 0 radical (unpaired) electrons. The van der Waals surface area contributed by atoms with Crippen LogP contribution in [0.3, 0.4) is 0 Å². The number of rotatable bonds is 20. The van der Waals surface area contributed by atoms with E-state index in [0.717, 1.165) is 151 Å². The summed E-state index contributed by atoms with van der Waals surface area (Å²) < 4.78 is 1.13. The van der Waals surface area contributed by atoms with Crippen molar-refractivity contribution in [2.75, 3.05) is 0 Å². The van der Waals surface area contributed by atoms with Gasteiger partial charge in [0.15, 0.2) is 42.7 Å². The zero-order valence-corrected chi connectivity index (χ0v) is 110. The van der Waals surface area contributed by atoms with Crippen LogP contribution in [0, 0.1) is 24.0 Å². The molecular formula is C135H197NO7Si7. The van der Waals surface area contributed by atoms with Crippen molar-refractivity contribution in [2.45, 2.75) is 419 Å². The van der Waals surface area contributed by atoms with Gasteiger partial charge in [-0.3, -0.25) is 24.0 Å². The number of nitrogens with zero attached hydrogens (tertiary/aromatic N) is 1. The van der Waals surface area contributed by atoms with Crippen LogP contribution in [0.25, 0.3) is 66.8 Å². The average Bonchev–Trinajstić information content (AvgIpc) is 1.49. The van der Waals surface area contributed by atoms with Crippen molar-refractivity contribution in [1.29, 1.82) is 0 Å². The maximum absolute atomic E-state index is 12.9. The minimum absolute atomic E-state index is 0.0455. The van der Waals surface area contributed by atoms with Crippen LogP contribution in [-0.2, 0) is 25.7 Å². The molecule has 12 rings (SSSR count). The van der Waals surface area contributed by atoms with Crippen LogP contribution < -0.4 is 31.1 Å². The van der Waals surface area contributed by atoms with Crippen molar-refractivity contribution >= 4 is 125 Å². The molecule has 0 amide bonds. The normalized spacial score (nSPS) is 12.8. The van der Waals surface area contributed by atoms with E-state index in [1.54, 1.807) is 29.8 Å². The summed E-state index contributed by atoms with van der Waals surface area (Å²) in [6.07, 6.45) is 14.6. The van der Waals surface area contributed by atoms with Gasteiger partial charge in [0.2, 0.25) is 0 Å². The van der Waals surface area contributed by atoms with Gasteiger partial charge in [-0.05, 0) is 233 Å². The molecule has 12 aliphatic rings. The highest BCUT2D eigenvalue weighted by atomic mass is 28.3. The van der Waals surface area contributed by atoms with Crippen molar-refractivity contribution in [3.8, 4) is 78.6 Å². The molecule has 15 heteroatoms. The first-order valence-corrected chi connectivity index (χ1v) is 76.7. The number of hydrogen-bond donors (Lipinski definition) is 1. The third-order valence-corrected chi connectivity index (χ3v) is 73.7. The van der Waals surface area contributed by atoms with Crippen molar-refractivity contribution in [3.63, 3.8) is 0 Å². The second-order valence-electron chi connectivity index (χ2n) is 52.3. The fraction of sp³-hybridized carbons (Fsp3) is 0.474. The molecule has 1 N–H and O–H groups in total. The predicted octanol–water partition coefficient (Wildman–Crippen LogP) is 35.8. The van der Waals surface area contributed by atoms with Crippen LogP contribution in [0.5, 0.6) is 0 Å². The Morgan fingerprint density at radius 1 is 0.340 bits per heavy atom. The number of allylic oxidation sites excluding steroid dienone is 1. The van der Waals surface area contributed by atoms with E-state index in [4.69, 9.17) is 0 Å². The Kier molecular flexibility index (Phi) is 46.0. The third kappa shape index (κ3) is 28.6. The molecule has 0 bridgehead atoms. The molecule has 0 spiro atoms. The van der Waals surface area contributed by atoms with Gasteiger partial charge >= 0.3 is 0 Å². The first-order chi connectivity index (χ1) is 69.2. The zero-order chi connectivity index (χ0) is 115. The maximum Gasteiger partial charge on any atom is 0.182 e. The number of aldehydes is 4. The summed E-state index contributed by atoms with van der Waals surface area (Å²) in [7, 11) is -12.0. The molecule has 0 aliphatic heterocycles. The number of Topliss-reactive ketones (excluding diaryl/α,β-unsaturated/α-hetero) is 1. The number of carbonyl (C=O) groups excluding carboxylic acids is 5. The van der Waals surface area contributed by atoms with Crippen LogP contribution in [0.2, 0.25) is 127 Å². The van der Waals surface area contributed by atoms with Crippen LogP contribution >= 0.6 is 0 Å². The second-order valence-corrected chi connectivity index (χ2v) is 89.0. The SMILES string of the molecule is CC(=O)c1c2cccccc-2c(C=O)c1[Si](C)(C)C(C)(C)C.CC(O)c1c2cccccc-2c(C=O)c1[Si](C)(C)C(C)(C)C.CC=C=C(CC)[Si](C)(C)C(C)C.CCC#CCC.CCc1c2cccccc-2c(/C=[N+](\[O-])C(C)(C)C)c1[Si](C)(C)C(C)(C)C.CCc1c2cccccc-2c(C)c1[Si](C)(C)C(C)(C)C.CCc1c2cccccc-2c(C=O)c1[Si](C)(C)C(C)(C)C.CCc1c2cccccc-2c(C=O)c1[Si](C)(C)C(C)(C)C. The minimum Gasteiger partial charge on any atom is -0.623 e. The van der Waals surface area contributed by atoms with Crippen LogP contribution in [0.1, 0.15) is 345 Å². The van der Waals surface area contributed by atoms with Gasteiger partial charge in [-0.2, -0.15) is 0 Å². The summed E-state index contributed by atoms with van der Waals surface area (Å²) in [6.45, 7) is 109. The Hall–Kier alpha value is -9.42. The molecule has 0 aromatic heterocycles. The Morgan fingerprint density at radius 2 is 0.573 bits per heavy atom. The number of carbonyl (C=O) groups is 5. The predicted molar refractivity (Wildman–Crippen MR) is 681 cm³/mol. The van der Waals surface area contributed by atoms with Crippen molar-refractivity contribution < 1.29 is 33.8 Å². The van der Waals surface area contributed by atoms with Gasteiger partial charge in [-0.15, -0.1) is 17.6 Å². The third-order valence-electron chi connectivity index (χ3n) is 35.3. The Balaban J connectivity index is 0.000000307. The Bertz CT molecular complexity index is 6410. The average molecular weight is 2140 g/mol. The lowest BCUT2D eigenvalue weighted by Crippen LogP contribution is -2.52. The second kappa shape index (κ2) is 52.7. The molecule has 12 aliphatic carbocycles. The Labute approximate surface area is 920 Å². The molecular weight excluding hydrogens is 1940 g/mol. The molecule has 1 atom stereocenters. The summed E-state index contributed by atoms with van der Waals surface area (Å²) in [6, 6.07) is 62.1. The topological polar surface area (TPSA) is 132 Å². The number of aliphatic hydroxyl groups is 1. The van der Waals surface area contributed by atoms with Crippen molar-refractivity contribution in [3.05, 3.63) is 271 Å².